The molecule has 14 nitrogen and oxygen atoms in total. The Labute approximate surface area is 381 Å². The zero-order chi connectivity index (χ0) is 47.4. The van der Waals surface area contributed by atoms with Crippen molar-refractivity contribution < 1.29 is 51.1 Å². The molecule has 0 unspecified atom stereocenters. The van der Waals surface area contributed by atoms with Crippen LogP contribution in [0.3, 0.4) is 0 Å². The summed E-state index contributed by atoms with van der Waals surface area (Å²) in [4.78, 5) is 103. The number of likely N-dealkylation sites (N-methyl/N-ethyl adjacent to an activating group) is 3. The standard InChI is InChI=1S/C44H61Cl2F4N7O7/c1-7-56(41(63)35(26-12-13-26)53-38(60)34-22-29(47)23-57(34)42(64)43(16-10-17-43)44(48,49)50)32-11-8-9-18-54(5)39(61)25(4)51-37(59)33(21-27-20-28(45)14-15-30(27)46)55(6)40(62)31(19-24(2)3)52-36(32)58/h14-15,20,24-26,29,31-35H,7-13,16-19,21-23H2,1-6H3,(H,51,59)(H,52,58)(H,53,60)/t25-,29-,31+,32+,33+,34+,35+/m1/s1. The van der Waals surface area contributed by atoms with Gasteiger partial charge < -0.3 is 35.6 Å². The summed E-state index contributed by atoms with van der Waals surface area (Å²) in [5.74, 6) is -5.88. The SMILES string of the molecule is CCN(C(=O)[C@@H](NC(=O)[C@@H]1C[C@@H](F)CN1C(=O)C1(C(F)(F)F)CCC1)C1CC1)[C@H]1CCCCN(C)C(=O)[C@@H](C)NC(=O)[C@H](Cc2cc(Cl)ccc2Cl)N(C)C(=O)[C@H](CC(C)C)NC1=O. The normalized spacial score (nSPS) is 26.9. The lowest BCUT2D eigenvalue weighted by molar-refractivity contribution is -0.248. The molecule has 4 fully saturated rings. The van der Waals surface area contributed by atoms with Gasteiger partial charge in [0.25, 0.3) is 0 Å². The van der Waals surface area contributed by atoms with Gasteiger partial charge >= 0.3 is 6.18 Å². The van der Waals surface area contributed by atoms with Gasteiger partial charge in [-0.25, -0.2) is 4.39 Å². The van der Waals surface area contributed by atoms with E-state index in [4.69, 9.17) is 23.2 Å². The van der Waals surface area contributed by atoms with E-state index >= 15 is 0 Å². The first-order valence-corrected chi connectivity index (χ1v) is 23.0. The molecule has 4 aliphatic rings. The van der Waals surface area contributed by atoms with Crippen molar-refractivity contribution >= 4 is 64.6 Å². The van der Waals surface area contributed by atoms with Crippen molar-refractivity contribution in [2.24, 2.45) is 17.3 Å². The number of hydrogen-bond acceptors (Lipinski definition) is 7. The lowest BCUT2D eigenvalue weighted by Crippen LogP contribution is -2.62. The summed E-state index contributed by atoms with van der Waals surface area (Å²) in [6, 6.07) is -2.72. The molecule has 3 N–H and O–H groups in total. The van der Waals surface area contributed by atoms with Gasteiger partial charge in [0.15, 0.2) is 0 Å². The van der Waals surface area contributed by atoms with E-state index in [1.165, 1.54) is 28.7 Å². The number of alkyl halides is 4. The molecule has 7 amide bonds. The molecule has 2 saturated heterocycles. The molecule has 0 radical (unpaired) electrons. The Balaban J connectivity index is 1.44. The summed E-state index contributed by atoms with van der Waals surface area (Å²) >= 11 is 12.8. The van der Waals surface area contributed by atoms with Gasteiger partial charge in [0, 0.05) is 50.1 Å². The van der Waals surface area contributed by atoms with Crippen LogP contribution in [-0.4, -0.2) is 143 Å². The van der Waals surface area contributed by atoms with Gasteiger partial charge in [0.2, 0.25) is 41.4 Å². The topological polar surface area (TPSA) is 169 Å². The number of nitrogens with one attached hydrogen (secondary N) is 3. The number of carbonyl (C=O) groups is 7. The van der Waals surface area contributed by atoms with E-state index in [1.54, 1.807) is 32.2 Å². The smallest absolute Gasteiger partial charge is 0.344 e. The molecule has 5 rings (SSSR count). The van der Waals surface area contributed by atoms with Crippen LogP contribution < -0.4 is 16.0 Å². The van der Waals surface area contributed by atoms with Crippen LogP contribution in [-0.2, 0) is 40.0 Å². The number of carbonyl (C=O) groups excluding carboxylic acids is 7. The fraction of sp³-hybridized carbons (Fsp3) is 0.705. The minimum absolute atomic E-state index is 0.0358. The molecule has 1 aromatic rings. The van der Waals surface area contributed by atoms with Crippen LogP contribution in [0.15, 0.2) is 18.2 Å². The highest BCUT2D eigenvalue weighted by Crippen LogP contribution is 2.54. The van der Waals surface area contributed by atoms with E-state index in [1.807, 2.05) is 13.8 Å². The molecule has 7 atom stereocenters. The van der Waals surface area contributed by atoms with E-state index < -0.39 is 127 Å². The second kappa shape index (κ2) is 21.0. The van der Waals surface area contributed by atoms with Crippen LogP contribution in [0.25, 0.3) is 0 Å². The molecule has 64 heavy (non-hydrogen) atoms. The van der Waals surface area contributed by atoms with Crippen LogP contribution in [0.5, 0.6) is 0 Å². The van der Waals surface area contributed by atoms with Crippen molar-refractivity contribution in [1.82, 2.24) is 35.6 Å². The maximum Gasteiger partial charge on any atom is 0.403 e. The van der Waals surface area contributed by atoms with Gasteiger partial charge in [0.05, 0.1) is 6.54 Å². The Morgan fingerprint density at radius 3 is 2.22 bits per heavy atom. The summed E-state index contributed by atoms with van der Waals surface area (Å²) < 4.78 is 57.5. The molecular weight excluding hydrogens is 885 g/mol. The Bertz CT molecular complexity index is 1930. The average Bonchev–Trinajstić information content (AvgIpc) is 3.97. The number of hydrogen-bond donors (Lipinski definition) is 3. The summed E-state index contributed by atoms with van der Waals surface area (Å²) in [5, 5.41) is 8.90. The Hall–Kier alpha value is -4.19. The lowest BCUT2D eigenvalue weighted by Gasteiger charge is -2.44. The van der Waals surface area contributed by atoms with Crippen LogP contribution >= 0.6 is 23.2 Å². The summed E-state index contributed by atoms with van der Waals surface area (Å²) in [7, 11) is 2.98. The fourth-order valence-corrected chi connectivity index (χ4v) is 9.44. The first kappa shape index (κ1) is 50.8. The summed E-state index contributed by atoms with van der Waals surface area (Å²) in [6.45, 7) is 6.37. The van der Waals surface area contributed by atoms with Crippen LogP contribution in [0, 0.1) is 17.3 Å². The van der Waals surface area contributed by atoms with E-state index in [2.05, 4.69) is 16.0 Å². The molecule has 20 heteroatoms. The Morgan fingerprint density at radius 1 is 0.969 bits per heavy atom. The molecule has 2 aliphatic heterocycles. The van der Waals surface area contributed by atoms with Crippen molar-refractivity contribution in [1.29, 1.82) is 0 Å². The lowest BCUT2D eigenvalue weighted by atomic mass is 9.67. The first-order valence-electron chi connectivity index (χ1n) is 22.2. The highest BCUT2D eigenvalue weighted by Gasteiger charge is 2.66. The first-order chi connectivity index (χ1) is 30.0. The highest BCUT2D eigenvalue weighted by molar-refractivity contribution is 6.33. The molecule has 1 aromatic carbocycles. The van der Waals surface area contributed by atoms with Crippen molar-refractivity contribution in [3.63, 3.8) is 0 Å². The van der Waals surface area contributed by atoms with Crippen LogP contribution in [0.4, 0.5) is 17.6 Å². The predicted octanol–water partition coefficient (Wildman–Crippen LogP) is 4.82. The Morgan fingerprint density at radius 2 is 1.64 bits per heavy atom. The molecule has 0 bridgehead atoms. The van der Waals surface area contributed by atoms with Crippen molar-refractivity contribution in [3.8, 4) is 0 Å². The summed E-state index contributed by atoms with van der Waals surface area (Å²) in [5.41, 5.74) is -2.24. The molecule has 0 spiro atoms. The number of benzene rings is 1. The fourth-order valence-electron chi connectivity index (χ4n) is 9.05. The number of nitrogens with zero attached hydrogens (tertiary/aromatic N) is 4. The molecular formula is C44H61Cl2F4N7O7. The molecule has 356 valence electrons. The molecule has 2 saturated carbocycles. The minimum Gasteiger partial charge on any atom is -0.344 e. The second-order valence-corrected chi connectivity index (χ2v) is 19.1. The number of rotatable bonds is 11. The summed E-state index contributed by atoms with van der Waals surface area (Å²) in [6.07, 6.45) is -6.13. The highest BCUT2D eigenvalue weighted by atomic mass is 35.5. The second-order valence-electron chi connectivity index (χ2n) is 18.3. The van der Waals surface area contributed by atoms with Gasteiger partial charge in [0.1, 0.15) is 47.8 Å². The predicted molar refractivity (Wildman–Crippen MR) is 230 cm³/mol. The number of likely N-dealkylation sites (tertiary alicyclic amines) is 1. The van der Waals surface area contributed by atoms with Crippen molar-refractivity contribution in [2.75, 3.05) is 33.7 Å². The van der Waals surface area contributed by atoms with E-state index in [9.17, 15) is 51.1 Å². The number of amides is 7. The van der Waals surface area contributed by atoms with E-state index in [0.717, 1.165) is 0 Å². The van der Waals surface area contributed by atoms with Crippen molar-refractivity contribution in [2.45, 2.75) is 147 Å². The van der Waals surface area contributed by atoms with Gasteiger partial charge in [-0.2, -0.15) is 13.2 Å². The quantitative estimate of drug-likeness (QED) is 0.268. The van der Waals surface area contributed by atoms with Gasteiger partial charge in [-0.15, -0.1) is 0 Å². The van der Waals surface area contributed by atoms with Crippen LogP contribution in [0.2, 0.25) is 10.0 Å². The third-order valence-corrected chi connectivity index (χ3v) is 13.7. The maximum absolute atomic E-state index is 14.9. The van der Waals surface area contributed by atoms with Gasteiger partial charge in [-0.1, -0.05) is 43.5 Å². The third-order valence-electron chi connectivity index (χ3n) is 13.1. The minimum atomic E-state index is -4.89. The van der Waals surface area contributed by atoms with E-state index in [-0.39, 0.29) is 49.7 Å². The maximum atomic E-state index is 14.9. The van der Waals surface area contributed by atoms with Gasteiger partial charge in [-0.05, 0) is 101 Å². The number of halogens is 6. The average molecular weight is 947 g/mol. The zero-order valence-electron chi connectivity index (χ0n) is 37.2. The largest absolute Gasteiger partial charge is 0.403 e. The Kier molecular flexibility index (Phi) is 16.6. The molecule has 0 aromatic heterocycles. The molecule has 2 aliphatic carbocycles. The monoisotopic (exact) mass is 945 g/mol. The van der Waals surface area contributed by atoms with E-state index in [0.29, 0.717) is 41.2 Å². The van der Waals surface area contributed by atoms with Crippen LogP contribution in [0.1, 0.15) is 97.5 Å². The molecule has 2 heterocycles. The van der Waals surface area contributed by atoms with Gasteiger partial charge in [-0.3, -0.25) is 33.6 Å². The third kappa shape index (κ3) is 11.4. The van der Waals surface area contributed by atoms with Crippen molar-refractivity contribution in [3.05, 3.63) is 33.8 Å². The zero-order valence-corrected chi connectivity index (χ0v) is 38.8.